The van der Waals surface area contributed by atoms with Gasteiger partial charge in [-0.05, 0) is 24.3 Å². The van der Waals surface area contributed by atoms with Crippen LogP contribution in [-0.2, 0) is 0 Å². The van der Waals surface area contributed by atoms with Crippen LogP contribution in [0.1, 0.15) is 10.5 Å². The maximum absolute atomic E-state index is 10.8. The molecule has 2 aromatic heterocycles. The molecule has 0 saturated carbocycles. The van der Waals surface area contributed by atoms with Crippen molar-refractivity contribution >= 4 is 16.8 Å². The second-order valence-corrected chi connectivity index (χ2v) is 3.55. The zero-order valence-electron chi connectivity index (χ0n) is 9.61. The lowest BCUT2D eigenvalue weighted by Gasteiger charge is -1.97. The SMILES string of the molecule is NC(=O)c1ccc2ccccc2n1.c1ccoc1. The lowest BCUT2D eigenvalue weighted by Crippen LogP contribution is -2.12. The highest BCUT2D eigenvalue weighted by Crippen LogP contribution is 2.10. The first-order valence-corrected chi connectivity index (χ1v) is 5.40. The molecule has 0 atom stereocenters. The zero-order valence-corrected chi connectivity index (χ0v) is 9.61. The number of primary amides is 1. The number of carbonyl (C=O) groups is 1. The summed E-state index contributed by atoms with van der Waals surface area (Å²) in [4.78, 5) is 14.9. The third kappa shape index (κ3) is 2.95. The summed E-state index contributed by atoms with van der Waals surface area (Å²) < 4.78 is 4.58. The van der Waals surface area contributed by atoms with Crippen LogP contribution in [0.4, 0.5) is 0 Å². The van der Waals surface area contributed by atoms with Crippen molar-refractivity contribution in [3.05, 3.63) is 66.8 Å². The van der Waals surface area contributed by atoms with Crippen molar-refractivity contribution in [3.63, 3.8) is 0 Å². The van der Waals surface area contributed by atoms with Gasteiger partial charge in [-0.15, -0.1) is 0 Å². The molecule has 1 amide bonds. The number of nitrogens with two attached hydrogens (primary N) is 1. The van der Waals surface area contributed by atoms with E-state index in [2.05, 4.69) is 9.40 Å². The summed E-state index contributed by atoms with van der Waals surface area (Å²) in [7, 11) is 0. The van der Waals surface area contributed by atoms with Crippen LogP contribution in [-0.4, -0.2) is 10.9 Å². The van der Waals surface area contributed by atoms with E-state index in [1.807, 2.05) is 42.5 Å². The summed E-state index contributed by atoms with van der Waals surface area (Å²) in [6.45, 7) is 0. The predicted molar refractivity (Wildman–Crippen MR) is 69.0 cm³/mol. The standard InChI is InChI=1S/C10H8N2O.C4H4O/c11-10(13)9-6-5-7-3-1-2-4-8(7)12-9;1-2-4-5-3-1/h1-6H,(H2,11,13);1-4H. The van der Waals surface area contributed by atoms with Gasteiger partial charge in [0.1, 0.15) is 5.69 Å². The summed E-state index contributed by atoms with van der Waals surface area (Å²) in [5.74, 6) is -0.495. The minimum atomic E-state index is -0.495. The van der Waals surface area contributed by atoms with Gasteiger partial charge in [-0.1, -0.05) is 24.3 Å². The molecule has 4 heteroatoms. The third-order valence-corrected chi connectivity index (χ3v) is 2.28. The van der Waals surface area contributed by atoms with Crippen LogP contribution in [0.3, 0.4) is 0 Å². The van der Waals surface area contributed by atoms with Crippen LogP contribution in [0.25, 0.3) is 10.9 Å². The molecule has 18 heavy (non-hydrogen) atoms. The molecule has 3 rings (SSSR count). The van der Waals surface area contributed by atoms with Gasteiger partial charge in [-0.3, -0.25) is 4.79 Å². The Balaban J connectivity index is 0.000000202. The van der Waals surface area contributed by atoms with Crippen LogP contribution in [0.2, 0.25) is 0 Å². The Bertz CT molecular complexity index is 616. The number of fused-ring (bicyclic) bond motifs is 1. The van der Waals surface area contributed by atoms with Gasteiger partial charge in [0.2, 0.25) is 0 Å². The number of amides is 1. The summed E-state index contributed by atoms with van der Waals surface area (Å²) in [6, 6.07) is 14.7. The number of aromatic nitrogens is 1. The molecule has 2 heterocycles. The Morgan fingerprint density at radius 2 is 1.72 bits per heavy atom. The Kier molecular flexibility index (Phi) is 3.71. The second-order valence-electron chi connectivity index (χ2n) is 3.55. The van der Waals surface area contributed by atoms with Crippen molar-refractivity contribution in [2.45, 2.75) is 0 Å². The van der Waals surface area contributed by atoms with E-state index in [0.29, 0.717) is 5.69 Å². The molecule has 3 aromatic rings. The first-order valence-electron chi connectivity index (χ1n) is 5.40. The number of nitrogens with zero attached hydrogens (tertiary/aromatic N) is 1. The van der Waals surface area contributed by atoms with Crippen molar-refractivity contribution in [1.29, 1.82) is 0 Å². The summed E-state index contributed by atoms with van der Waals surface area (Å²) in [6.07, 6.45) is 3.25. The smallest absolute Gasteiger partial charge is 0.267 e. The molecule has 0 saturated heterocycles. The third-order valence-electron chi connectivity index (χ3n) is 2.28. The largest absolute Gasteiger partial charge is 0.473 e. The Labute approximate surface area is 104 Å². The minimum absolute atomic E-state index is 0.304. The van der Waals surface area contributed by atoms with E-state index in [0.717, 1.165) is 10.9 Å². The van der Waals surface area contributed by atoms with Crippen LogP contribution >= 0.6 is 0 Å². The normalized spacial score (nSPS) is 9.56. The summed E-state index contributed by atoms with van der Waals surface area (Å²) in [5, 5.41) is 1.01. The molecular weight excluding hydrogens is 228 g/mol. The summed E-state index contributed by atoms with van der Waals surface area (Å²) >= 11 is 0. The molecule has 0 aliphatic rings. The first-order chi connectivity index (χ1) is 8.77. The van der Waals surface area contributed by atoms with Gasteiger partial charge in [-0.2, -0.15) is 0 Å². The lowest BCUT2D eigenvalue weighted by molar-refractivity contribution is 0.0996. The van der Waals surface area contributed by atoms with E-state index in [4.69, 9.17) is 5.73 Å². The highest BCUT2D eigenvalue weighted by Gasteiger charge is 2.01. The van der Waals surface area contributed by atoms with Crippen molar-refractivity contribution in [1.82, 2.24) is 4.98 Å². The molecule has 0 aliphatic carbocycles. The fraction of sp³-hybridized carbons (Fsp3) is 0. The quantitative estimate of drug-likeness (QED) is 0.710. The topological polar surface area (TPSA) is 69.1 Å². The first kappa shape index (κ1) is 11.9. The van der Waals surface area contributed by atoms with Gasteiger partial charge in [0.05, 0.1) is 18.0 Å². The number of rotatable bonds is 1. The predicted octanol–water partition coefficient (Wildman–Crippen LogP) is 2.61. The summed E-state index contributed by atoms with van der Waals surface area (Å²) in [5.41, 5.74) is 6.20. The Morgan fingerprint density at radius 3 is 2.33 bits per heavy atom. The highest BCUT2D eigenvalue weighted by molar-refractivity contribution is 5.93. The van der Waals surface area contributed by atoms with Crippen molar-refractivity contribution < 1.29 is 9.21 Å². The van der Waals surface area contributed by atoms with Gasteiger partial charge in [0.15, 0.2) is 0 Å². The lowest BCUT2D eigenvalue weighted by atomic mass is 10.2. The Morgan fingerprint density at radius 1 is 1.00 bits per heavy atom. The molecule has 0 unspecified atom stereocenters. The average Bonchev–Trinajstić information content (AvgIpc) is 2.97. The van der Waals surface area contributed by atoms with Crippen LogP contribution < -0.4 is 5.73 Å². The molecule has 4 nitrogen and oxygen atoms in total. The maximum Gasteiger partial charge on any atom is 0.267 e. The molecular formula is C14H12N2O2. The number of furan rings is 1. The Hall–Kier alpha value is -2.62. The van der Waals surface area contributed by atoms with Gasteiger partial charge < -0.3 is 10.2 Å². The zero-order chi connectivity index (χ0) is 12.8. The molecule has 0 radical (unpaired) electrons. The molecule has 90 valence electrons. The second kappa shape index (κ2) is 5.63. The van der Waals surface area contributed by atoms with Gasteiger partial charge in [0.25, 0.3) is 5.91 Å². The van der Waals surface area contributed by atoms with Crippen LogP contribution in [0.5, 0.6) is 0 Å². The fourth-order valence-corrected chi connectivity index (χ4v) is 1.43. The number of hydrogen-bond acceptors (Lipinski definition) is 3. The number of carbonyl (C=O) groups excluding carboxylic acids is 1. The monoisotopic (exact) mass is 240 g/mol. The minimum Gasteiger partial charge on any atom is -0.473 e. The van der Waals surface area contributed by atoms with Crippen LogP contribution in [0, 0.1) is 0 Å². The van der Waals surface area contributed by atoms with Crippen LogP contribution in [0.15, 0.2) is 65.5 Å². The molecule has 2 N–H and O–H groups in total. The van der Waals surface area contributed by atoms with Gasteiger partial charge in [0, 0.05) is 5.39 Å². The number of hydrogen-bond donors (Lipinski definition) is 1. The average molecular weight is 240 g/mol. The van der Waals surface area contributed by atoms with Gasteiger partial charge >= 0.3 is 0 Å². The van der Waals surface area contributed by atoms with E-state index in [1.54, 1.807) is 18.6 Å². The van der Waals surface area contributed by atoms with E-state index in [1.165, 1.54) is 0 Å². The number of benzene rings is 1. The van der Waals surface area contributed by atoms with Crippen molar-refractivity contribution in [3.8, 4) is 0 Å². The van der Waals surface area contributed by atoms with E-state index < -0.39 is 5.91 Å². The van der Waals surface area contributed by atoms with Gasteiger partial charge in [-0.25, -0.2) is 4.98 Å². The molecule has 0 fully saturated rings. The number of para-hydroxylation sites is 1. The van der Waals surface area contributed by atoms with Crippen molar-refractivity contribution in [2.75, 3.05) is 0 Å². The molecule has 1 aromatic carbocycles. The van der Waals surface area contributed by atoms with Crippen molar-refractivity contribution in [2.24, 2.45) is 5.73 Å². The van der Waals surface area contributed by atoms with E-state index in [-0.39, 0.29) is 0 Å². The fourth-order valence-electron chi connectivity index (χ4n) is 1.43. The molecule has 0 bridgehead atoms. The maximum atomic E-state index is 10.8. The highest BCUT2D eigenvalue weighted by atomic mass is 16.3. The molecule has 0 aliphatic heterocycles. The molecule has 0 spiro atoms. The van der Waals surface area contributed by atoms with E-state index >= 15 is 0 Å². The van der Waals surface area contributed by atoms with E-state index in [9.17, 15) is 4.79 Å². The number of pyridine rings is 1.